The second-order valence-electron chi connectivity index (χ2n) is 4.75. The Balaban J connectivity index is 2.10. The number of nitrogens with one attached hydrogen (secondary N) is 1. The van der Waals surface area contributed by atoms with Gasteiger partial charge in [0.1, 0.15) is 0 Å². The van der Waals surface area contributed by atoms with Gasteiger partial charge < -0.3 is 4.98 Å². The second kappa shape index (κ2) is 5.20. The summed E-state index contributed by atoms with van der Waals surface area (Å²) in [6, 6.07) is 14.5. The molecule has 0 aliphatic carbocycles. The van der Waals surface area contributed by atoms with Gasteiger partial charge in [0.05, 0.1) is 17.1 Å². The summed E-state index contributed by atoms with van der Waals surface area (Å²) in [5, 5.41) is 4.42. The fraction of sp³-hybridized carbons (Fsp3) is 0.0625. The molecule has 0 unspecified atom stereocenters. The van der Waals surface area contributed by atoms with Crippen molar-refractivity contribution in [3.8, 4) is 0 Å². The molecule has 1 aromatic heterocycles. The molecule has 1 N–H and O–H groups in total. The molecule has 5 heteroatoms. The predicted octanol–water partition coefficient (Wildman–Crippen LogP) is 1.88. The van der Waals surface area contributed by atoms with E-state index < -0.39 is 11.2 Å². The molecule has 5 nitrogen and oxygen atoms in total. The summed E-state index contributed by atoms with van der Waals surface area (Å²) in [6.07, 6.45) is 1.49. The highest BCUT2D eigenvalue weighted by Gasteiger charge is 2.05. The smallest absolute Gasteiger partial charge is 0.305 e. The Morgan fingerprint density at radius 3 is 2.52 bits per heavy atom. The largest absolute Gasteiger partial charge is 0.349 e. The van der Waals surface area contributed by atoms with Gasteiger partial charge in [0.25, 0.3) is 5.56 Å². The van der Waals surface area contributed by atoms with Crippen molar-refractivity contribution < 1.29 is 0 Å². The number of benzene rings is 2. The Morgan fingerprint density at radius 2 is 1.76 bits per heavy atom. The number of hydrogen-bond acceptors (Lipinski definition) is 3. The van der Waals surface area contributed by atoms with E-state index >= 15 is 0 Å². The van der Waals surface area contributed by atoms with Crippen molar-refractivity contribution >= 4 is 17.1 Å². The molecule has 0 saturated carbocycles. The Bertz CT molecular complexity index is 934. The van der Waals surface area contributed by atoms with Crippen LogP contribution in [0.15, 0.2) is 63.2 Å². The minimum atomic E-state index is -0.554. The monoisotopic (exact) mass is 279 g/mol. The molecule has 0 atom stereocenters. The number of H-pyrrole nitrogens is 1. The topological polar surface area (TPSA) is 67.2 Å². The van der Waals surface area contributed by atoms with Gasteiger partial charge in [-0.05, 0) is 24.6 Å². The van der Waals surface area contributed by atoms with Crippen molar-refractivity contribution in [2.24, 2.45) is 5.10 Å². The van der Waals surface area contributed by atoms with Crippen LogP contribution in [0.3, 0.4) is 0 Å². The van der Waals surface area contributed by atoms with Gasteiger partial charge >= 0.3 is 5.69 Å². The summed E-state index contributed by atoms with van der Waals surface area (Å²) in [7, 11) is 0. The number of aryl methyl sites for hydroxylation is 1. The lowest BCUT2D eigenvalue weighted by molar-refractivity contribution is 0.771. The molecule has 104 valence electrons. The third-order valence-electron chi connectivity index (χ3n) is 3.18. The number of fused-ring (bicyclic) bond motifs is 1. The van der Waals surface area contributed by atoms with Gasteiger partial charge in [-0.1, -0.05) is 42.0 Å². The number of rotatable bonds is 2. The lowest BCUT2D eigenvalue weighted by Crippen LogP contribution is -2.32. The Morgan fingerprint density at radius 1 is 1.05 bits per heavy atom. The zero-order valence-corrected chi connectivity index (χ0v) is 11.4. The average Bonchev–Trinajstić information content (AvgIpc) is 2.49. The molecule has 0 fully saturated rings. The van der Waals surface area contributed by atoms with E-state index in [9.17, 15) is 9.59 Å². The number of hydrogen-bond donors (Lipinski definition) is 1. The van der Waals surface area contributed by atoms with Gasteiger partial charge in [0, 0.05) is 0 Å². The Kier molecular flexibility index (Phi) is 3.23. The second-order valence-corrected chi connectivity index (χ2v) is 4.75. The molecule has 1 heterocycles. The van der Waals surface area contributed by atoms with E-state index in [1.165, 1.54) is 6.21 Å². The van der Waals surface area contributed by atoms with Crippen LogP contribution in [-0.4, -0.2) is 15.9 Å². The summed E-state index contributed by atoms with van der Waals surface area (Å²) in [6.45, 7) is 1.99. The Labute approximate surface area is 120 Å². The maximum absolute atomic E-state index is 12.3. The van der Waals surface area contributed by atoms with Gasteiger partial charge in [-0.25, -0.2) is 4.79 Å². The van der Waals surface area contributed by atoms with Crippen LogP contribution in [0.2, 0.25) is 0 Å². The van der Waals surface area contributed by atoms with Crippen LogP contribution >= 0.6 is 0 Å². The van der Waals surface area contributed by atoms with Crippen molar-refractivity contribution in [3.05, 3.63) is 80.5 Å². The van der Waals surface area contributed by atoms with Gasteiger partial charge in [-0.15, -0.1) is 4.68 Å². The minimum Gasteiger partial charge on any atom is -0.305 e. The third-order valence-corrected chi connectivity index (χ3v) is 3.18. The van der Waals surface area contributed by atoms with E-state index in [1.54, 1.807) is 24.3 Å². The maximum Gasteiger partial charge on any atom is 0.349 e. The van der Waals surface area contributed by atoms with Crippen molar-refractivity contribution in [1.29, 1.82) is 0 Å². The maximum atomic E-state index is 12.3. The Hall–Kier alpha value is -2.95. The zero-order valence-electron chi connectivity index (χ0n) is 11.4. The summed E-state index contributed by atoms with van der Waals surface area (Å²) >= 11 is 0. The van der Waals surface area contributed by atoms with Crippen molar-refractivity contribution in [1.82, 2.24) is 9.66 Å². The summed E-state index contributed by atoms with van der Waals surface area (Å²) in [5.74, 6) is 0. The summed E-state index contributed by atoms with van der Waals surface area (Å²) < 4.78 is 0.836. The van der Waals surface area contributed by atoms with Gasteiger partial charge in [0.15, 0.2) is 0 Å². The lowest BCUT2D eigenvalue weighted by atomic mass is 10.2. The van der Waals surface area contributed by atoms with Crippen LogP contribution in [0.5, 0.6) is 0 Å². The molecule has 2 aromatic carbocycles. The zero-order chi connectivity index (χ0) is 14.8. The number of aromatic amines is 1. The molecule has 3 rings (SSSR count). The molecule has 0 bridgehead atoms. The van der Waals surface area contributed by atoms with Crippen LogP contribution < -0.4 is 11.2 Å². The quantitative estimate of drug-likeness (QED) is 0.728. The molecule has 0 aliphatic rings. The normalized spacial score (nSPS) is 11.3. The first-order chi connectivity index (χ1) is 10.1. The van der Waals surface area contributed by atoms with Crippen LogP contribution in [0.1, 0.15) is 11.1 Å². The standard InChI is InChI=1S/C16H13N3O2/c1-11-6-8-12(9-7-11)10-17-19-15(20)13-4-2-3-5-14(13)18-16(19)21/h2-10H,1H3,(H,18,21)/b17-10+. The molecule has 0 aliphatic heterocycles. The molecule has 21 heavy (non-hydrogen) atoms. The molecule has 0 amide bonds. The van der Waals surface area contributed by atoms with Crippen molar-refractivity contribution in [2.75, 3.05) is 0 Å². The van der Waals surface area contributed by atoms with E-state index in [2.05, 4.69) is 10.1 Å². The first kappa shape index (κ1) is 13.1. The summed E-state index contributed by atoms with van der Waals surface area (Å²) in [4.78, 5) is 26.8. The highest BCUT2D eigenvalue weighted by Crippen LogP contribution is 2.03. The molecular formula is C16H13N3O2. The highest BCUT2D eigenvalue weighted by molar-refractivity contribution is 5.80. The van der Waals surface area contributed by atoms with E-state index in [4.69, 9.17) is 0 Å². The van der Waals surface area contributed by atoms with Crippen molar-refractivity contribution in [2.45, 2.75) is 6.92 Å². The third kappa shape index (κ3) is 2.53. The lowest BCUT2D eigenvalue weighted by Gasteiger charge is -2.00. The van der Waals surface area contributed by atoms with Crippen LogP contribution in [0.25, 0.3) is 10.9 Å². The first-order valence-electron chi connectivity index (χ1n) is 6.50. The fourth-order valence-corrected chi connectivity index (χ4v) is 2.03. The van der Waals surface area contributed by atoms with Gasteiger partial charge in [-0.2, -0.15) is 5.10 Å². The molecule has 0 spiro atoms. The average molecular weight is 279 g/mol. The molecule has 0 saturated heterocycles. The van der Waals surface area contributed by atoms with Crippen molar-refractivity contribution in [3.63, 3.8) is 0 Å². The van der Waals surface area contributed by atoms with E-state index in [0.717, 1.165) is 15.8 Å². The highest BCUT2D eigenvalue weighted by atomic mass is 16.2. The number of para-hydroxylation sites is 1. The SMILES string of the molecule is Cc1ccc(/C=N/n2c(=O)[nH]c3ccccc3c2=O)cc1. The van der Waals surface area contributed by atoms with Gasteiger partial charge in [-0.3, -0.25) is 4.79 Å². The molecule has 3 aromatic rings. The fourth-order valence-electron chi connectivity index (χ4n) is 2.03. The van der Waals surface area contributed by atoms with Crippen LogP contribution in [-0.2, 0) is 0 Å². The first-order valence-corrected chi connectivity index (χ1v) is 6.50. The van der Waals surface area contributed by atoms with Crippen LogP contribution in [0, 0.1) is 6.92 Å². The number of nitrogens with zero attached hydrogens (tertiary/aromatic N) is 2. The summed E-state index contributed by atoms with van der Waals surface area (Å²) in [5.41, 5.74) is 1.47. The van der Waals surface area contributed by atoms with E-state index in [0.29, 0.717) is 10.9 Å². The minimum absolute atomic E-state index is 0.429. The van der Waals surface area contributed by atoms with Gasteiger partial charge in [0.2, 0.25) is 0 Å². The molecular weight excluding hydrogens is 266 g/mol. The predicted molar refractivity (Wildman–Crippen MR) is 83.0 cm³/mol. The molecule has 0 radical (unpaired) electrons. The van der Waals surface area contributed by atoms with E-state index in [1.807, 2.05) is 31.2 Å². The number of aromatic nitrogens is 2. The van der Waals surface area contributed by atoms with E-state index in [-0.39, 0.29) is 0 Å². The van der Waals surface area contributed by atoms with Crippen LogP contribution in [0.4, 0.5) is 0 Å².